The van der Waals surface area contributed by atoms with Crippen LogP contribution in [0.2, 0.25) is 0 Å². The van der Waals surface area contributed by atoms with E-state index >= 15 is 8.78 Å². The number of alkyl halides is 2. The molecule has 1 aliphatic rings. The third-order valence-electron chi connectivity index (χ3n) is 10.5. The number of pyridine rings is 1. The highest BCUT2D eigenvalue weighted by Gasteiger charge is 2.57. The lowest BCUT2D eigenvalue weighted by atomic mass is 9.84. The summed E-state index contributed by atoms with van der Waals surface area (Å²) in [6.07, 6.45) is 5.02. The minimum absolute atomic E-state index is 0.0523. The first-order valence-electron chi connectivity index (χ1n) is 18.4. The highest BCUT2D eigenvalue weighted by atomic mass is 19.3. The average molecular weight is 752 g/mol. The molecule has 0 bridgehead atoms. The molecule has 0 amide bonds. The quantitative estimate of drug-likeness (QED) is 0.146. The van der Waals surface area contributed by atoms with E-state index < -0.39 is 29.6 Å². The van der Waals surface area contributed by atoms with Crippen molar-refractivity contribution < 1.29 is 18.3 Å². The van der Waals surface area contributed by atoms with Crippen LogP contribution in [0.3, 0.4) is 0 Å². The highest BCUT2D eigenvalue weighted by Crippen LogP contribution is 2.46. The molecule has 3 aromatic carbocycles. The van der Waals surface area contributed by atoms with Crippen molar-refractivity contribution >= 4 is 11.4 Å². The van der Waals surface area contributed by atoms with Crippen LogP contribution in [0.4, 0.5) is 24.5 Å². The number of piperazine rings is 1. The molecule has 2 atom stereocenters. The monoisotopic (exact) mass is 751 g/mol. The lowest BCUT2D eigenvalue weighted by molar-refractivity contribution is -0.206. The number of hydrogen-bond acceptors (Lipinski definition) is 8. The van der Waals surface area contributed by atoms with E-state index in [1.165, 1.54) is 36.8 Å². The molecule has 0 radical (unpaired) electrons. The zero-order chi connectivity index (χ0) is 38.9. The Morgan fingerprint density at radius 1 is 0.818 bits per heavy atom. The third kappa shape index (κ3) is 7.38. The van der Waals surface area contributed by atoms with Crippen molar-refractivity contribution in [2.75, 3.05) is 36.0 Å². The van der Waals surface area contributed by atoms with Gasteiger partial charge in [-0.2, -0.15) is 19.0 Å². The second kappa shape index (κ2) is 15.2. The Hall–Kier alpha value is -5.76. The Kier molecular flexibility index (Phi) is 10.4. The predicted octanol–water partition coefficient (Wildman–Crippen LogP) is 6.75. The number of rotatable bonds is 12. The van der Waals surface area contributed by atoms with Gasteiger partial charge in [-0.05, 0) is 85.0 Å². The third-order valence-corrected chi connectivity index (χ3v) is 10.5. The first-order chi connectivity index (χ1) is 26.4. The predicted molar refractivity (Wildman–Crippen MR) is 205 cm³/mol. The van der Waals surface area contributed by atoms with E-state index in [4.69, 9.17) is 0 Å². The lowest BCUT2D eigenvalue weighted by Crippen LogP contribution is -2.47. The smallest absolute Gasteiger partial charge is 0.350 e. The largest absolute Gasteiger partial charge is 0.377 e. The Morgan fingerprint density at radius 2 is 1.44 bits per heavy atom. The van der Waals surface area contributed by atoms with Gasteiger partial charge in [-0.1, -0.05) is 51.1 Å². The fraction of sp³-hybridized carbons (Fsp3) is 0.341. The number of aliphatic hydroxyl groups is 1. The van der Waals surface area contributed by atoms with Crippen molar-refractivity contribution in [2.45, 2.75) is 58.2 Å². The van der Waals surface area contributed by atoms with E-state index in [-0.39, 0.29) is 17.3 Å². The van der Waals surface area contributed by atoms with Gasteiger partial charge in [0.15, 0.2) is 5.60 Å². The van der Waals surface area contributed by atoms with Gasteiger partial charge in [0, 0.05) is 49.3 Å². The molecule has 1 N–H and O–H groups in total. The molecular weight excluding hydrogens is 708 g/mol. The number of anilines is 2. The lowest BCUT2D eigenvalue weighted by Gasteiger charge is -2.37. The summed E-state index contributed by atoms with van der Waals surface area (Å²) >= 11 is 0. The van der Waals surface area contributed by atoms with Crippen molar-refractivity contribution in [1.29, 1.82) is 0 Å². The van der Waals surface area contributed by atoms with E-state index in [2.05, 4.69) is 50.7 Å². The van der Waals surface area contributed by atoms with E-state index in [1.807, 2.05) is 48.5 Å². The topological polar surface area (TPSA) is 110 Å². The molecule has 14 heteroatoms. The maximum atomic E-state index is 16.3. The van der Waals surface area contributed by atoms with Crippen molar-refractivity contribution in [1.82, 2.24) is 34.1 Å². The number of aryl methyl sites for hydroxylation is 1. The standard InChI is InChI=1S/C41H44F3N9O2/c1-5-37(28(2)3)53-39(54)52(27-47-53)36-16-14-35(15-17-36)50-21-19-49(20-22-50)34-12-9-30(10-13-34)31-11-18-38(45-24-31)41(43,44)40(55,25-51-26-46-29(4)48-51)32-7-6-8-33(42)23-32/h6-18,23-24,26-28,37,55H,5,19-22,25H2,1-4H3/t37-,40?/m0/s1. The second-order valence-corrected chi connectivity index (χ2v) is 14.4. The maximum Gasteiger partial charge on any atom is 0.350 e. The van der Waals surface area contributed by atoms with Gasteiger partial charge in [0.05, 0.1) is 18.3 Å². The van der Waals surface area contributed by atoms with E-state index in [1.54, 1.807) is 22.5 Å². The molecular formula is C41H44F3N9O2. The molecule has 6 aromatic rings. The Labute approximate surface area is 317 Å². The van der Waals surface area contributed by atoms with Gasteiger partial charge >= 0.3 is 11.6 Å². The van der Waals surface area contributed by atoms with Gasteiger partial charge in [-0.25, -0.2) is 28.1 Å². The van der Waals surface area contributed by atoms with Crippen LogP contribution in [0.5, 0.6) is 0 Å². The van der Waals surface area contributed by atoms with Crippen LogP contribution in [-0.4, -0.2) is 65.4 Å². The molecule has 3 aromatic heterocycles. The first kappa shape index (κ1) is 37.6. The van der Waals surface area contributed by atoms with Gasteiger partial charge in [0.1, 0.15) is 30.0 Å². The van der Waals surface area contributed by atoms with Crippen molar-refractivity contribution in [3.8, 4) is 16.8 Å². The minimum Gasteiger partial charge on any atom is -0.377 e. The number of halogens is 3. The molecule has 1 saturated heterocycles. The summed E-state index contributed by atoms with van der Waals surface area (Å²) in [5.74, 6) is -4.04. The molecule has 0 saturated carbocycles. The normalized spacial score (nSPS) is 15.4. The molecule has 0 aliphatic carbocycles. The highest BCUT2D eigenvalue weighted by molar-refractivity contribution is 5.66. The Bertz CT molecular complexity index is 2280. The first-order valence-corrected chi connectivity index (χ1v) is 18.4. The molecule has 0 spiro atoms. The molecule has 1 aliphatic heterocycles. The number of benzene rings is 3. The van der Waals surface area contributed by atoms with E-state index in [0.717, 1.165) is 72.0 Å². The Morgan fingerprint density at radius 3 is 1.98 bits per heavy atom. The molecule has 4 heterocycles. The van der Waals surface area contributed by atoms with Crippen molar-refractivity contribution in [3.63, 3.8) is 0 Å². The summed E-state index contributed by atoms with van der Waals surface area (Å²) in [6.45, 7) is 10.4. The van der Waals surface area contributed by atoms with E-state index in [0.29, 0.717) is 17.3 Å². The van der Waals surface area contributed by atoms with Gasteiger partial charge in [-0.15, -0.1) is 0 Å². The summed E-state index contributed by atoms with van der Waals surface area (Å²) in [7, 11) is 0. The van der Waals surface area contributed by atoms with Gasteiger partial charge in [0.25, 0.3) is 0 Å². The zero-order valence-corrected chi connectivity index (χ0v) is 31.2. The zero-order valence-electron chi connectivity index (χ0n) is 31.2. The van der Waals surface area contributed by atoms with E-state index in [9.17, 15) is 14.3 Å². The van der Waals surface area contributed by atoms with Crippen LogP contribution in [0, 0.1) is 18.7 Å². The van der Waals surface area contributed by atoms with Crippen LogP contribution in [0.1, 0.15) is 50.3 Å². The SMILES string of the molecule is CC[C@@H](C(C)C)n1ncn(-c2ccc(N3CCN(c4ccc(-c5ccc(C(F)(F)C(O)(Cn6cnc(C)n6)c6cccc(F)c6)nc5)cc4)CC3)cc2)c1=O. The van der Waals surface area contributed by atoms with Gasteiger partial charge in [0.2, 0.25) is 0 Å². The number of nitrogens with zero attached hydrogens (tertiary/aromatic N) is 9. The fourth-order valence-corrected chi connectivity index (χ4v) is 7.34. The summed E-state index contributed by atoms with van der Waals surface area (Å²) in [4.78, 5) is 25.8. The van der Waals surface area contributed by atoms with Crippen molar-refractivity contribution in [3.05, 3.63) is 137 Å². The molecule has 286 valence electrons. The average Bonchev–Trinajstić information content (AvgIpc) is 3.79. The molecule has 55 heavy (non-hydrogen) atoms. The fourth-order valence-electron chi connectivity index (χ4n) is 7.34. The minimum atomic E-state index is -3.93. The molecule has 7 rings (SSSR count). The second-order valence-electron chi connectivity index (χ2n) is 14.4. The maximum absolute atomic E-state index is 16.3. The summed E-state index contributed by atoms with van der Waals surface area (Å²) < 4.78 is 51.1. The molecule has 1 unspecified atom stereocenters. The summed E-state index contributed by atoms with van der Waals surface area (Å²) in [6, 6.07) is 23.2. The van der Waals surface area contributed by atoms with Crippen LogP contribution in [-0.2, 0) is 18.1 Å². The van der Waals surface area contributed by atoms with Crippen LogP contribution in [0.25, 0.3) is 16.8 Å². The molecule has 11 nitrogen and oxygen atoms in total. The number of aromatic nitrogens is 7. The van der Waals surface area contributed by atoms with Gasteiger partial charge < -0.3 is 14.9 Å². The van der Waals surface area contributed by atoms with Crippen LogP contribution >= 0.6 is 0 Å². The summed E-state index contributed by atoms with van der Waals surface area (Å²) in [5.41, 5.74) is 0.330. The van der Waals surface area contributed by atoms with Crippen molar-refractivity contribution in [2.24, 2.45) is 5.92 Å². The van der Waals surface area contributed by atoms with Gasteiger partial charge in [-0.3, -0.25) is 4.98 Å². The summed E-state index contributed by atoms with van der Waals surface area (Å²) in [5, 5.41) is 20.1. The van der Waals surface area contributed by atoms with Crippen LogP contribution in [0.15, 0.2) is 109 Å². The molecule has 1 fully saturated rings. The number of hydrogen-bond donors (Lipinski definition) is 1. The Balaban J connectivity index is 1.00. The van der Waals surface area contributed by atoms with Crippen LogP contribution < -0.4 is 15.5 Å².